The number of rotatable bonds is 4. The van der Waals surface area contributed by atoms with Gasteiger partial charge in [0.05, 0.1) is 0 Å². The molecule has 0 saturated heterocycles. The van der Waals surface area contributed by atoms with Crippen LogP contribution in [0.2, 0.25) is 0 Å². The van der Waals surface area contributed by atoms with E-state index in [4.69, 9.17) is 10.0 Å². The van der Waals surface area contributed by atoms with Crippen LogP contribution in [0.1, 0.15) is 12.0 Å². The Morgan fingerprint density at radius 2 is 2.15 bits per heavy atom. The molecule has 0 heterocycles. The van der Waals surface area contributed by atoms with Gasteiger partial charge in [0, 0.05) is 6.42 Å². The van der Waals surface area contributed by atoms with E-state index >= 15 is 0 Å². The zero-order chi connectivity index (χ0) is 9.68. The Bertz CT molecular complexity index is 286. The van der Waals surface area contributed by atoms with Crippen LogP contribution in [-0.4, -0.2) is 23.5 Å². The molecule has 0 amide bonds. The lowest BCUT2D eigenvalue weighted by atomic mass is 9.79. The molecule has 0 radical (unpaired) electrons. The fourth-order valence-electron chi connectivity index (χ4n) is 1.13. The van der Waals surface area contributed by atoms with E-state index < -0.39 is 7.12 Å². The van der Waals surface area contributed by atoms with Gasteiger partial charge in [0.15, 0.2) is 0 Å². The third-order valence-electron chi connectivity index (χ3n) is 1.80. The van der Waals surface area contributed by atoms with Crippen molar-refractivity contribution in [1.29, 1.82) is 0 Å². The largest absolute Gasteiger partial charge is 0.488 e. The van der Waals surface area contributed by atoms with Gasteiger partial charge in [-0.2, -0.15) is 0 Å². The van der Waals surface area contributed by atoms with Crippen molar-refractivity contribution in [3.8, 4) is 0 Å². The SMILES string of the molecule is O=CCCc1cccc(B(O)O)c1. The Labute approximate surface area is 77.2 Å². The molecule has 1 aromatic rings. The first-order valence-electron chi connectivity index (χ1n) is 4.12. The summed E-state index contributed by atoms with van der Waals surface area (Å²) in [6.07, 6.45) is 1.96. The fraction of sp³-hybridized carbons (Fsp3) is 0.222. The number of carbonyl (C=O) groups is 1. The number of carbonyl (C=O) groups excluding carboxylic acids is 1. The van der Waals surface area contributed by atoms with Crippen molar-refractivity contribution in [3.63, 3.8) is 0 Å². The van der Waals surface area contributed by atoms with Crippen LogP contribution in [0.25, 0.3) is 0 Å². The quantitative estimate of drug-likeness (QED) is 0.482. The predicted molar refractivity (Wildman–Crippen MR) is 50.7 cm³/mol. The smallest absolute Gasteiger partial charge is 0.423 e. The third-order valence-corrected chi connectivity index (χ3v) is 1.80. The molecule has 0 saturated carbocycles. The minimum atomic E-state index is -1.43. The van der Waals surface area contributed by atoms with Crippen LogP contribution in [0.4, 0.5) is 0 Å². The van der Waals surface area contributed by atoms with Gasteiger partial charge in [0.1, 0.15) is 6.29 Å². The van der Waals surface area contributed by atoms with E-state index in [0.717, 1.165) is 11.8 Å². The Hall–Kier alpha value is -1.13. The van der Waals surface area contributed by atoms with Crippen molar-refractivity contribution in [2.24, 2.45) is 0 Å². The Morgan fingerprint density at radius 1 is 1.38 bits per heavy atom. The van der Waals surface area contributed by atoms with Crippen molar-refractivity contribution >= 4 is 18.9 Å². The molecule has 0 fully saturated rings. The molecule has 1 aromatic carbocycles. The van der Waals surface area contributed by atoms with Gasteiger partial charge in [-0.3, -0.25) is 0 Å². The minimum absolute atomic E-state index is 0.461. The standard InChI is InChI=1S/C9H11BO3/c11-6-2-4-8-3-1-5-9(7-8)10(12)13/h1,3,5-7,12-13H,2,4H2. The van der Waals surface area contributed by atoms with Crippen molar-refractivity contribution in [1.82, 2.24) is 0 Å². The lowest BCUT2D eigenvalue weighted by molar-refractivity contribution is -0.107. The Kier molecular flexibility index (Phi) is 3.67. The summed E-state index contributed by atoms with van der Waals surface area (Å²) in [5, 5.41) is 17.7. The van der Waals surface area contributed by atoms with Gasteiger partial charge in [-0.25, -0.2) is 0 Å². The average molecular weight is 178 g/mol. The second-order valence-electron chi connectivity index (χ2n) is 2.82. The lowest BCUT2D eigenvalue weighted by Gasteiger charge is -2.02. The highest BCUT2D eigenvalue weighted by molar-refractivity contribution is 6.58. The molecule has 68 valence electrons. The molecule has 0 spiro atoms. The Morgan fingerprint density at radius 3 is 2.77 bits per heavy atom. The van der Waals surface area contributed by atoms with Crippen LogP contribution in [-0.2, 0) is 11.2 Å². The summed E-state index contributed by atoms with van der Waals surface area (Å²) in [7, 11) is -1.43. The van der Waals surface area contributed by atoms with E-state index in [2.05, 4.69) is 0 Å². The zero-order valence-electron chi connectivity index (χ0n) is 7.18. The Balaban J connectivity index is 2.73. The summed E-state index contributed by atoms with van der Waals surface area (Å²) in [5.74, 6) is 0. The predicted octanol–water partition coefficient (Wildman–Crippen LogP) is -0.502. The average Bonchev–Trinajstić information content (AvgIpc) is 2.15. The number of aldehydes is 1. The summed E-state index contributed by atoms with van der Waals surface area (Å²) >= 11 is 0. The van der Waals surface area contributed by atoms with Crippen LogP contribution in [0.5, 0.6) is 0 Å². The van der Waals surface area contributed by atoms with Crippen LogP contribution in [0, 0.1) is 0 Å². The molecule has 0 bridgehead atoms. The van der Waals surface area contributed by atoms with E-state index in [1.807, 2.05) is 6.07 Å². The van der Waals surface area contributed by atoms with Crippen molar-refractivity contribution < 1.29 is 14.8 Å². The van der Waals surface area contributed by atoms with Gasteiger partial charge in [0.2, 0.25) is 0 Å². The second-order valence-corrected chi connectivity index (χ2v) is 2.82. The molecule has 4 heteroatoms. The molecule has 0 atom stereocenters. The van der Waals surface area contributed by atoms with Gasteiger partial charge in [0.25, 0.3) is 0 Å². The fourth-order valence-corrected chi connectivity index (χ4v) is 1.13. The van der Waals surface area contributed by atoms with Crippen LogP contribution >= 0.6 is 0 Å². The molecule has 0 aliphatic rings. The number of hydrogen-bond acceptors (Lipinski definition) is 3. The molecule has 3 nitrogen and oxygen atoms in total. The summed E-state index contributed by atoms with van der Waals surface area (Å²) in [5.41, 5.74) is 1.40. The maximum absolute atomic E-state index is 10.1. The van der Waals surface area contributed by atoms with E-state index in [1.165, 1.54) is 0 Å². The topological polar surface area (TPSA) is 57.5 Å². The lowest BCUT2D eigenvalue weighted by Crippen LogP contribution is -2.29. The maximum Gasteiger partial charge on any atom is 0.488 e. The highest BCUT2D eigenvalue weighted by atomic mass is 16.4. The van der Waals surface area contributed by atoms with Gasteiger partial charge >= 0.3 is 7.12 Å². The number of aryl methyl sites for hydroxylation is 1. The van der Waals surface area contributed by atoms with E-state index in [0.29, 0.717) is 18.3 Å². The first-order chi connectivity index (χ1) is 6.24. The van der Waals surface area contributed by atoms with Crippen molar-refractivity contribution in [2.75, 3.05) is 0 Å². The summed E-state index contributed by atoms with van der Waals surface area (Å²) in [4.78, 5) is 10.1. The molecule has 0 aliphatic carbocycles. The maximum atomic E-state index is 10.1. The molecular formula is C9H11BO3. The minimum Gasteiger partial charge on any atom is -0.423 e. The second kappa shape index (κ2) is 4.79. The van der Waals surface area contributed by atoms with E-state index in [-0.39, 0.29) is 0 Å². The monoisotopic (exact) mass is 178 g/mol. The first-order valence-corrected chi connectivity index (χ1v) is 4.12. The zero-order valence-corrected chi connectivity index (χ0v) is 7.18. The molecule has 0 unspecified atom stereocenters. The van der Waals surface area contributed by atoms with Crippen LogP contribution in [0.15, 0.2) is 24.3 Å². The summed E-state index contributed by atoms with van der Waals surface area (Å²) < 4.78 is 0. The summed E-state index contributed by atoms with van der Waals surface area (Å²) in [6.45, 7) is 0. The molecule has 13 heavy (non-hydrogen) atoms. The highest BCUT2D eigenvalue weighted by Crippen LogP contribution is 1.99. The van der Waals surface area contributed by atoms with E-state index in [9.17, 15) is 4.79 Å². The first kappa shape index (κ1) is 9.96. The van der Waals surface area contributed by atoms with E-state index in [1.54, 1.807) is 18.2 Å². The number of hydrogen-bond donors (Lipinski definition) is 2. The van der Waals surface area contributed by atoms with Crippen LogP contribution < -0.4 is 5.46 Å². The van der Waals surface area contributed by atoms with Gasteiger partial charge in [-0.15, -0.1) is 0 Å². The van der Waals surface area contributed by atoms with Gasteiger partial charge < -0.3 is 14.8 Å². The third kappa shape index (κ3) is 3.01. The van der Waals surface area contributed by atoms with Crippen molar-refractivity contribution in [2.45, 2.75) is 12.8 Å². The molecule has 0 aromatic heterocycles. The number of benzene rings is 1. The molecule has 2 N–H and O–H groups in total. The molecule has 0 aliphatic heterocycles. The van der Waals surface area contributed by atoms with Crippen molar-refractivity contribution in [3.05, 3.63) is 29.8 Å². The highest BCUT2D eigenvalue weighted by Gasteiger charge is 2.10. The van der Waals surface area contributed by atoms with Gasteiger partial charge in [-0.1, -0.05) is 24.3 Å². The molecule has 1 rings (SSSR count). The van der Waals surface area contributed by atoms with Gasteiger partial charge in [-0.05, 0) is 17.4 Å². The normalized spacial score (nSPS) is 9.69. The summed E-state index contributed by atoms with van der Waals surface area (Å²) in [6, 6.07) is 6.92. The molecular weight excluding hydrogens is 167 g/mol. The van der Waals surface area contributed by atoms with Crippen LogP contribution in [0.3, 0.4) is 0 Å².